The molecule has 1 amide bonds. The number of hydrogen-bond acceptors (Lipinski definition) is 4. The number of halogens is 1. The minimum Gasteiger partial charge on any atom is -0.337 e. The molecule has 2 aromatic rings. The number of carbonyl (C=O) groups excluding carboxylic acids is 1. The van der Waals surface area contributed by atoms with Crippen molar-refractivity contribution < 1.29 is 4.79 Å². The Bertz CT molecular complexity index is 807. The highest BCUT2D eigenvalue weighted by atomic mass is 35.5. The molecule has 1 saturated heterocycles. The molecule has 1 aliphatic heterocycles. The van der Waals surface area contributed by atoms with Crippen LogP contribution in [0.5, 0.6) is 0 Å². The van der Waals surface area contributed by atoms with Crippen molar-refractivity contribution in [3.05, 3.63) is 37.7 Å². The first-order valence-electron chi connectivity index (χ1n) is 8.08. The highest BCUT2D eigenvalue weighted by molar-refractivity contribution is 7.17. The summed E-state index contributed by atoms with van der Waals surface area (Å²) in [7, 11) is 1.67. The van der Waals surface area contributed by atoms with Gasteiger partial charge >= 0.3 is 5.69 Å². The van der Waals surface area contributed by atoms with Crippen LogP contribution in [0.3, 0.4) is 0 Å². The maximum atomic E-state index is 12.7. The number of carbonyl (C=O) groups is 1. The predicted molar refractivity (Wildman–Crippen MR) is 95.1 cm³/mol. The fraction of sp³-hybridized carbons (Fsp3) is 0.562. The van der Waals surface area contributed by atoms with E-state index in [1.54, 1.807) is 23.7 Å². The van der Waals surface area contributed by atoms with Gasteiger partial charge in [0.05, 0.1) is 9.21 Å². The molecule has 1 fully saturated rings. The maximum Gasteiger partial charge on any atom is 0.345 e. The van der Waals surface area contributed by atoms with Gasteiger partial charge in [0.25, 0.3) is 5.91 Å². The smallest absolute Gasteiger partial charge is 0.337 e. The average Bonchev–Trinajstić information content (AvgIpc) is 3.11. The SMILES string of the molecule is CC(C)n1c(C2CCCN(C(=O)c3ccc(Cl)s3)C2)nn(C)c1=O. The molecule has 0 aliphatic carbocycles. The van der Waals surface area contributed by atoms with Crippen LogP contribution >= 0.6 is 22.9 Å². The number of hydrogen-bond donors (Lipinski definition) is 0. The number of piperidine rings is 1. The number of rotatable bonds is 3. The molecule has 1 unspecified atom stereocenters. The number of aryl methyl sites for hydroxylation is 1. The fourth-order valence-electron chi connectivity index (χ4n) is 3.22. The Morgan fingerprint density at radius 1 is 1.42 bits per heavy atom. The number of likely N-dealkylation sites (tertiary alicyclic amines) is 1. The minimum atomic E-state index is -0.103. The quantitative estimate of drug-likeness (QED) is 0.836. The molecule has 0 bridgehead atoms. The van der Waals surface area contributed by atoms with Gasteiger partial charge in [-0.2, -0.15) is 5.10 Å². The zero-order chi connectivity index (χ0) is 17.4. The van der Waals surface area contributed by atoms with Crippen molar-refractivity contribution in [2.24, 2.45) is 7.05 Å². The van der Waals surface area contributed by atoms with Gasteiger partial charge in [0.2, 0.25) is 0 Å². The summed E-state index contributed by atoms with van der Waals surface area (Å²) in [6.07, 6.45) is 1.83. The maximum absolute atomic E-state index is 12.7. The van der Waals surface area contributed by atoms with Crippen molar-refractivity contribution in [3.8, 4) is 0 Å². The van der Waals surface area contributed by atoms with Crippen LogP contribution in [0.1, 0.15) is 54.1 Å². The van der Waals surface area contributed by atoms with E-state index in [9.17, 15) is 9.59 Å². The first-order chi connectivity index (χ1) is 11.4. The van der Waals surface area contributed by atoms with Crippen LogP contribution in [0, 0.1) is 0 Å². The summed E-state index contributed by atoms with van der Waals surface area (Å²) in [5.41, 5.74) is -0.103. The summed E-state index contributed by atoms with van der Waals surface area (Å²) < 4.78 is 3.74. The fourth-order valence-corrected chi connectivity index (χ4v) is 4.23. The first-order valence-corrected chi connectivity index (χ1v) is 9.28. The zero-order valence-corrected chi connectivity index (χ0v) is 15.6. The predicted octanol–water partition coefficient (Wildman–Crippen LogP) is 2.90. The lowest BCUT2D eigenvalue weighted by Gasteiger charge is -2.32. The van der Waals surface area contributed by atoms with Crippen molar-refractivity contribution in [1.82, 2.24) is 19.2 Å². The summed E-state index contributed by atoms with van der Waals surface area (Å²) in [5.74, 6) is 0.861. The summed E-state index contributed by atoms with van der Waals surface area (Å²) in [6, 6.07) is 3.56. The third-order valence-corrected chi connectivity index (χ3v) is 5.58. The van der Waals surface area contributed by atoms with Gasteiger partial charge in [-0.15, -0.1) is 11.3 Å². The number of aromatic nitrogens is 3. The molecule has 6 nitrogen and oxygen atoms in total. The zero-order valence-electron chi connectivity index (χ0n) is 14.0. The summed E-state index contributed by atoms with van der Waals surface area (Å²) in [6.45, 7) is 5.26. The second-order valence-electron chi connectivity index (χ2n) is 6.42. The Morgan fingerprint density at radius 2 is 2.17 bits per heavy atom. The van der Waals surface area contributed by atoms with Crippen molar-refractivity contribution in [1.29, 1.82) is 0 Å². The van der Waals surface area contributed by atoms with Crippen LogP contribution in [0.15, 0.2) is 16.9 Å². The molecule has 1 aliphatic rings. The van der Waals surface area contributed by atoms with E-state index in [-0.39, 0.29) is 23.6 Å². The molecule has 130 valence electrons. The van der Waals surface area contributed by atoms with Gasteiger partial charge in [-0.1, -0.05) is 11.6 Å². The Hall–Kier alpha value is -1.60. The third-order valence-electron chi connectivity index (χ3n) is 4.36. The Labute approximate surface area is 149 Å². The second-order valence-corrected chi connectivity index (χ2v) is 8.14. The van der Waals surface area contributed by atoms with Crippen molar-refractivity contribution in [2.75, 3.05) is 13.1 Å². The molecule has 3 rings (SSSR count). The lowest BCUT2D eigenvalue weighted by Crippen LogP contribution is -2.40. The van der Waals surface area contributed by atoms with E-state index in [0.29, 0.717) is 15.8 Å². The van der Waals surface area contributed by atoms with Crippen LogP contribution in [0.25, 0.3) is 0 Å². The van der Waals surface area contributed by atoms with Crippen molar-refractivity contribution in [3.63, 3.8) is 0 Å². The van der Waals surface area contributed by atoms with E-state index in [4.69, 9.17) is 11.6 Å². The molecule has 0 N–H and O–H groups in total. The first kappa shape index (κ1) is 17.2. The number of nitrogens with zero attached hydrogens (tertiary/aromatic N) is 4. The van der Waals surface area contributed by atoms with Crippen LogP contribution in [0.2, 0.25) is 4.34 Å². The molecule has 0 spiro atoms. The summed E-state index contributed by atoms with van der Waals surface area (Å²) >= 11 is 7.24. The number of thiophene rings is 1. The average molecular weight is 369 g/mol. The van der Waals surface area contributed by atoms with Gasteiger partial charge in [0.1, 0.15) is 5.82 Å². The van der Waals surface area contributed by atoms with Crippen LogP contribution < -0.4 is 5.69 Å². The van der Waals surface area contributed by atoms with Crippen molar-refractivity contribution >= 4 is 28.8 Å². The lowest BCUT2D eigenvalue weighted by molar-refractivity contribution is 0.0707. The molecule has 0 saturated carbocycles. The molecule has 24 heavy (non-hydrogen) atoms. The van der Waals surface area contributed by atoms with Gasteiger partial charge in [-0.05, 0) is 38.8 Å². The van der Waals surface area contributed by atoms with Gasteiger partial charge < -0.3 is 4.90 Å². The van der Waals surface area contributed by atoms with E-state index in [1.165, 1.54) is 16.0 Å². The van der Waals surface area contributed by atoms with Crippen LogP contribution in [0.4, 0.5) is 0 Å². The van der Waals surface area contributed by atoms with E-state index in [1.807, 2.05) is 18.7 Å². The normalized spacial score (nSPS) is 18.4. The second kappa shape index (κ2) is 6.72. The van der Waals surface area contributed by atoms with Crippen LogP contribution in [-0.2, 0) is 7.05 Å². The van der Waals surface area contributed by atoms with Gasteiger partial charge in [0.15, 0.2) is 0 Å². The molecule has 8 heteroatoms. The third kappa shape index (κ3) is 3.15. The molecular formula is C16H21ClN4O2S. The number of amides is 1. The van der Waals surface area contributed by atoms with E-state index in [2.05, 4.69) is 5.10 Å². The molecule has 0 aromatic carbocycles. The molecule has 2 aromatic heterocycles. The topological polar surface area (TPSA) is 60.1 Å². The standard InChI is InChI=1S/C16H21ClN4O2S/c1-10(2)21-14(18-19(3)16(21)23)11-5-4-8-20(9-11)15(22)12-6-7-13(17)24-12/h6-7,10-11H,4-5,8-9H2,1-3H3. The van der Waals surface area contributed by atoms with Crippen molar-refractivity contribution in [2.45, 2.75) is 38.6 Å². The van der Waals surface area contributed by atoms with Gasteiger partial charge in [-0.25, -0.2) is 9.48 Å². The Kier molecular flexibility index (Phi) is 4.83. The highest BCUT2D eigenvalue weighted by Crippen LogP contribution is 2.29. The van der Waals surface area contributed by atoms with E-state index in [0.717, 1.165) is 25.2 Å². The molecule has 3 heterocycles. The summed E-state index contributed by atoms with van der Waals surface area (Å²) in [5, 5.41) is 4.44. The molecule has 0 radical (unpaired) electrons. The lowest BCUT2D eigenvalue weighted by atomic mass is 9.96. The molecule has 1 atom stereocenters. The summed E-state index contributed by atoms with van der Waals surface area (Å²) in [4.78, 5) is 27.5. The Morgan fingerprint density at radius 3 is 2.79 bits per heavy atom. The Balaban J connectivity index is 1.85. The highest BCUT2D eigenvalue weighted by Gasteiger charge is 2.30. The van der Waals surface area contributed by atoms with E-state index < -0.39 is 0 Å². The van der Waals surface area contributed by atoms with Crippen LogP contribution in [-0.4, -0.2) is 38.2 Å². The van der Waals surface area contributed by atoms with Gasteiger partial charge in [-0.3, -0.25) is 9.36 Å². The molecular weight excluding hydrogens is 348 g/mol. The van der Waals surface area contributed by atoms with Gasteiger partial charge in [0, 0.05) is 32.1 Å². The minimum absolute atomic E-state index is 0.00553. The van der Waals surface area contributed by atoms with E-state index >= 15 is 0 Å². The monoisotopic (exact) mass is 368 g/mol. The largest absolute Gasteiger partial charge is 0.345 e.